The Morgan fingerprint density at radius 2 is 1.64 bits per heavy atom. The molecular weight excluding hydrogens is 310 g/mol. The molecule has 3 heteroatoms. The van der Waals surface area contributed by atoms with Gasteiger partial charge in [0.05, 0.1) is 0 Å². The molecule has 0 spiro atoms. The highest BCUT2D eigenvalue weighted by atomic mass is 35.5. The lowest BCUT2D eigenvalue weighted by Gasteiger charge is -2.28. The third-order valence-corrected chi connectivity index (χ3v) is 4.99. The van der Waals surface area contributed by atoms with Crippen LogP contribution in [-0.2, 0) is 6.54 Å². The average Bonchev–Trinajstić information content (AvgIpc) is 2.56. The van der Waals surface area contributed by atoms with Gasteiger partial charge in [0, 0.05) is 29.9 Å². The van der Waals surface area contributed by atoms with Crippen molar-refractivity contribution < 1.29 is 0 Å². The van der Waals surface area contributed by atoms with Crippen molar-refractivity contribution in [2.75, 3.05) is 18.2 Å². The van der Waals surface area contributed by atoms with E-state index < -0.39 is 0 Å². The molecule has 0 fully saturated rings. The van der Waals surface area contributed by atoms with Crippen LogP contribution in [0.3, 0.4) is 0 Å². The Kier molecular flexibility index (Phi) is 7.86. The molecule has 118 valence electrons. The molecule has 0 saturated carbocycles. The molecule has 0 aromatic heterocycles. The second-order valence-electron chi connectivity index (χ2n) is 5.44. The third kappa shape index (κ3) is 6.04. The highest BCUT2D eigenvalue weighted by Gasteiger charge is 2.13. The SMILES string of the molecule is CC(CCSc1ccccc1)N(CCCl)Cc1ccccc1. The number of hydrogen-bond donors (Lipinski definition) is 0. The molecule has 22 heavy (non-hydrogen) atoms. The summed E-state index contributed by atoms with van der Waals surface area (Å²) in [5, 5.41) is 0. The Balaban J connectivity index is 1.82. The highest BCUT2D eigenvalue weighted by Crippen LogP contribution is 2.20. The molecule has 0 heterocycles. The Morgan fingerprint density at radius 3 is 2.27 bits per heavy atom. The van der Waals surface area contributed by atoms with E-state index in [1.54, 1.807) is 0 Å². The molecule has 0 aliphatic rings. The topological polar surface area (TPSA) is 3.24 Å². The molecule has 0 aliphatic carbocycles. The Morgan fingerprint density at radius 1 is 1.00 bits per heavy atom. The average molecular weight is 334 g/mol. The Labute approximate surface area is 143 Å². The predicted molar refractivity (Wildman–Crippen MR) is 98.8 cm³/mol. The van der Waals surface area contributed by atoms with Gasteiger partial charge in [-0.25, -0.2) is 0 Å². The van der Waals surface area contributed by atoms with E-state index in [0.29, 0.717) is 11.9 Å². The zero-order chi connectivity index (χ0) is 15.6. The normalized spacial score (nSPS) is 12.5. The first kappa shape index (κ1) is 17.4. The summed E-state index contributed by atoms with van der Waals surface area (Å²) in [6.07, 6.45) is 1.17. The molecular formula is C19H24ClNS. The van der Waals surface area contributed by atoms with Gasteiger partial charge in [0.25, 0.3) is 0 Å². The van der Waals surface area contributed by atoms with Crippen molar-refractivity contribution in [1.29, 1.82) is 0 Å². The summed E-state index contributed by atoms with van der Waals surface area (Å²) in [4.78, 5) is 3.83. The highest BCUT2D eigenvalue weighted by molar-refractivity contribution is 7.99. The summed E-state index contributed by atoms with van der Waals surface area (Å²) in [6.45, 7) is 4.22. The van der Waals surface area contributed by atoms with Crippen LogP contribution in [0.5, 0.6) is 0 Å². The number of alkyl halides is 1. The first-order valence-corrected chi connectivity index (χ1v) is 9.33. The van der Waals surface area contributed by atoms with Crippen LogP contribution in [0.15, 0.2) is 65.6 Å². The van der Waals surface area contributed by atoms with Gasteiger partial charge in [-0.05, 0) is 36.8 Å². The largest absolute Gasteiger partial charge is 0.295 e. The van der Waals surface area contributed by atoms with E-state index in [1.165, 1.54) is 16.9 Å². The summed E-state index contributed by atoms with van der Waals surface area (Å²) in [5.41, 5.74) is 1.36. The lowest BCUT2D eigenvalue weighted by molar-refractivity contribution is 0.208. The van der Waals surface area contributed by atoms with Crippen LogP contribution < -0.4 is 0 Å². The molecule has 1 nitrogen and oxygen atoms in total. The molecule has 0 bridgehead atoms. The van der Waals surface area contributed by atoms with Gasteiger partial charge in [-0.2, -0.15) is 0 Å². The summed E-state index contributed by atoms with van der Waals surface area (Å²) >= 11 is 7.92. The number of benzene rings is 2. The maximum absolute atomic E-state index is 5.99. The molecule has 2 aromatic carbocycles. The van der Waals surface area contributed by atoms with Crippen LogP contribution in [0.4, 0.5) is 0 Å². The van der Waals surface area contributed by atoms with E-state index in [2.05, 4.69) is 72.5 Å². The molecule has 0 radical (unpaired) electrons. The number of thioether (sulfide) groups is 1. The number of hydrogen-bond acceptors (Lipinski definition) is 2. The van der Waals surface area contributed by atoms with Gasteiger partial charge >= 0.3 is 0 Å². The van der Waals surface area contributed by atoms with Gasteiger partial charge in [-0.3, -0.25) is 4.90 Å². The smallest absolute Gasteiger partial charge is 0.0351 e. The first-order valence-electron chi connectivity index (χ1n) is 7.81. The lowest BCUT2D eigenvalue weighted by Crippen LogP contribution is -2.34. The second-order valence-corrected chi connectivity index (χ2v) is 6.99. The molecule has 0 N–H and O–H groups in total. The van der Waals surface area contributed by atoms with E-state index >= 15 is 0 Å². The predicted octanol–water partition coefficient (Wildman–Crippen LogP) is 5.30. The van der Waals surface area contributed by atoms with Gasteiger partial charge in [0.15, 0.2) is 0 Å². The molecule has 2 aromatic rings. The Bertz CT molecular complexity index is 517. The van der Waals surface area contributed by atoms with Crippen LogP contribution >= 0.6 is 23.4 Å². The molecule has 0 aliphatic heterocycles. The van der Waals surface area contributed by atoms with Gasteiger partial charge in [0.1, 0.15) is 0 Å². The van der Waals surface area contributed by atoms with E-state index in [0.717, 1.165) is 18.8 Å². The van der Waals surface area contributed by atoms with Crippen LogP contribution in [-0.4, -0.2) is 29.1 Å². The van der Waals surface area contributed by atoms with Crippen LogP contribution in [0.1, 0.15) is 18.9 Å². The number of nitrogens with zero attached hydrogens (tertiary/aromatic N) is 1. The van der Waals surface area contributed by atoms with E-state index in [1.807, 2.05) is 11.8 Å². The summed E-state index contributed by atoms with van der Waals surface area (Å²) in [7, 11) is 0. The van der Waals surface area contributed by atoms with Gasteiger partial charge in [-0.15, -0.1) is 23.4 Å². The number of rotatable bonds is 9. The van der Waals surface area contributed by atoms with E-state index in [9.17, 15) is 0 Å². The van der Waals surface area contributed by atoms with Gasteiger partial charge < -0.3 is 0 Å². The van der Waals surface area contributed by atoms with E-state index in [4.69, 9.17) is 11.6 Å². The van der Waals surface area contributed by atoms with Gasteiger partial charge in [0.2, 0.25) is 0 Å². The van der Waals surface area contributed by atoms with Crippen molar-refractivity contribution in [3.05, 3.63) is 66.2 Å². The minimum absolute atomic E-state index is 0.537. The number of halogens is 1. The molecule has 2 rings (SSSR count). The van der Waals surface area contributed by atoms with Crippen molar-refractivity contribution in [2.45, 2.75) is 30.8 Å². The Hall–Kier alpha value is -0.960. The fourth-order valence-electron chi connectivity index (χ4n) is 2.43. The van der Waals surface area contributed by atoms with Crippen molar-refractivity contribution in [3.63, 3.8) is 0 Å². The summed E-state index contributed by atoms with van der Waals surface area (Å²) in [5.74, 6) is 1.82. The molecule has 0 amide bonds. The minimum Gasteiger partial charge on any atom is -0.295 e. The third-order valence-electron chi connectivity index (χ3n) is 3.77. The zero-order valence-corrected chi connectivity index (χ0v) is 14.7. The second kappa shape index (κ2) is 9.94. The maximum Gasteiger partial charge on any atom is 0.0351 e. The molecule has 0 saturated heterocycles. The first-order chi connectivity index (χ1) is 10.8. The molecule has 1 unspecified atom stereocenters. The van der Waals surface area contributed by atoms with E-state index in [-0.39, 0.29) is 0 Å². The standard InChI is InChI=1S/C19H24ClNS/c1-17(12-15-22-19-10-6-3-7-11-19)21(14-13-20)16-18-8-4-2-5-9-18/h2-11,17H,12-16H2,1H3. The minimum atomic E-state index is 0.537. The van der Waals surface area contributed by atoms with Crippen LogP contribution in [0.2, 0.25) is 0 Å². The lowest BCUT2D eigenvalue weighted by atomic mass is 10.1. The molecule has 1 atom stereocenters. The van der Waals surface area contributed by atoms with Crippen molar-refractivity contribution >= 4 is 23.4 Å². The fraction of sp³-hybridized carbons (Fsp3) is 0.368. The van der Waals surface area contributed by atoms with Crippen LogP contribution in [0, 0.1) is 0 Å². The monoisotopic (exact) mass is 333 g/mol. The summed E-state index contributed by atoms with van der Waals surface area (Å²) < 4.78 is 0. The quantitative estimate of drug-likeness (QED) is 0.452. The van der Waals surface area contributed by atoms with Crippen LogP contribution in [0.25, 0.3) is 0 Å². The van der Waals surface area contributed by atoms with Crippen molar-refractivity contribution in [1.82, 2.24) is 4.90 Å². The maximum atomic E-state index is 5.99. The van der Waals surface area contributed by atoms with Gasteiger partial charge in [-0.1, -0.05) is 48.5 Å². The zero-order valence-electron chi connectivity index (χ0n) is 13.1. The summed E-state index contributed by atoms with van der Waals surface area (Å²) in [6, 6.07) is 21.8. The van der Waals surface area contributed by atoms with Crippen molar-refractivity contribution in [3.8, 4) is 0 Å². The van der Waals surface area contributed by atoms with Crippen molar-refractivity contribution in [2.24, 2.45) is 0 Å². The fourth-order valence-corrected chi connectivity index (χ4v) is 3.69.